The third-order valence-corrected chi connectivity index (χ3v) is 13.4. The highest BCUT2D eigenvalue weighted by molar-refractivity contribution is 6.09. The lowest BCUT2D eigenvalue weighted by molar-refractivity contribution is 0.0627. The molecular formula is C50H52F2N2O4. The molecule has 2 saturated heterocycles. The summed E-state index contributed by atoms with van der Waals surface area (Å²) in [5, 5.41) is 1.86. The molecule has 1 saturated carbocycles. The lowest BCUT2D eigenvalue weighted by atomic mass is 9.52. The van der Waals surface area contributed by atoms with Gasteiger partial charge in [-0.05, 0) is 101 Å². The van der Waals surface area contributed by atoms with E-state index in [1.807, 2.05) is 12.1 Å². The number of hydrogen-bond acceptors (Lipinski definition) is 6. The number of halogens is 2. The number of fused-ring (bicyclic) bond motifs is 10. The molecule has 10 rings (SSSR count). The number of ether oxygens (including phenoxy) is 4. The van der Waals surface area contributed by atoms with E-state index in [2.05, 4.69) is 104 Å². The Hall–Kier alpha value is -4.92. The molecule has 300 valence electrons. The number of methoxy groups -OCH3 is 1. The van der Waals surface area contributed by atoms with Crippen molar-refractivity contribution in [2.75, 3.05) is 69.5 Å². The van der Waals surface area contributed by atoms with E-state index in [9.17, 15) is 0 Å². The van der Waals surface area contributed by atoms with Crippen molar-refractivity contribution in [1.29, 1.82) is 0 Å². The highest BCUT2D eigenvalue weighted by atomic mass is 19.1. The van der Waals surface area contributed by atoms with Gasteiger partial charge in [0.1, 0.15) is 23.1 Å². The van der Waals surface area contributed by atoms with E-state index in [1.54, 1.807) is 13.2 Å². The van der Waals surface area contributed by atoms with E-state index in [4.69, 9.17) is 18.9 Å². The minimum Gasteiger partial charge on any atom is -0.497 e. The van der Waals surface area contributed by atoms with Gasteiger partial charge in [-0.2, -0.15) is 0 Å². The fraction of sp³-hybridized carbons (Fsp3) is 0.400. The van der Waals surface area contributed by atoms with Crippen LogP contribution in [-0.4, -0.2) is 59.7 Å². The Kier molecular flexibility index (Phi) is 8.74. The summed E-state index contributed by atoms with van der Waals surface area (Å²) in [6.45, 7) is 15.2. The first-order valence-corrected chi connectivity index (χ1v) is 20.8. The predicted octanol–water partition coefficient (Wildman–Crippen LogP) is 10.7. The summed E-state index contributed by atoms with van der Waals surface area (Å²) in [7, 11) is 1.68. The van der Waals surface area contributed by atoms with Crippen LogP contribution in [0.5, 0.6) is 11.5 Å². The Labute approximate surface area is 340 Å². The molecule has 58 heavy (non-hydrogen) atoms. The first-order chi connectivity index (χ1) is 27.9. The molecule has 0 aromatic heterocycles. The van der Waals surface area contributed by atoms with Crippen molar-refractivity contribution in [3.05, 3.63) is 124 Å². The first kappa shape index (κ1) is 37.4. The summed E-state index contributed by atoms with van der Waals surface area (Å²) in [4.78, 5) is 4.71. The molecule has 1 unspecified atom stereocenters. The van der Waals surface area contributed by atoms with Crippen molar-refractivity contribution in [3.8, 4) is 22.6 Å². The van der Waals surface area contributed by atoms with Gasteiger partial charge in [0.25, 0.3) is 0 Å². The molecule has 2 aliphatic carbocycles. The number of morpholine rings is 2. The van der Waals surface area contributed by atoms with Crippen LogP contribution in [0.4, 0.5) is 20.2 Å². The third-order valence-electron chi connectivity index (χ3n) is 13.4. The summed E-state index contributed by atoms with van der Waals surface area (Å²) in [5.74, 6) is 0.487. The van der Waals surface area contributed by atoms with Crippen LogP contribution in [0.1, 0.15) is 74.8 Å². The molecule has 5 aromatic rings. The molecule has 6 nitrogen and oxygen atoms in total. The van der Waals surface area contributed by atoms with E-state index in [0.29, 0.717) is 37.6 Å². The molecule has 5 aliphatic rings. The van der Waals surface area contributed by atoms with Crippen molar-refractivity contribution in [2.45, 2.75) is 58.0 Å². The second kappa shape index (κ2) is 13.6. The van der Waals surface area contributed by atoms with Crippen molar-refractivity contribution in [1.82, 2.24) is 0 Å². The topological polar surface area (TPSA) is 43.4 Å². The van der Waals surface area contributed by atoms with E-state index < -0.39 is 22.7 Å². The molecule has 0 radical (unpaired) electrons. The lowest BCUT2D eigenvalue weighted by Gasteiger charge is -2.52. The fourth-order valence-electron chi connectivity index (χ4n) is 11.8. The van der Waals surface area contributed by atoms with E-state index in [-0.39, 0.29) is 10.8 Å². The SMILES string of the molecule is COc1ccc(C2(c3ccc(N4CCOCC4)cc3)C=Cc3c4c(c5ccc(N6CCOCC6)cc5c3O2)-c2cc(F)cc(F)c2C42CC(C)(C)CC(C)(C)C2)cc1. The molecule has 8 heteroatoms. The molecule has 3 heterocycles. The van der Waals surface area contributed by atoms with Crippen LogP contribution in [0.2, 0.25) is 0 Å². The molecule has 5 aromatic carbocycles. The largest absolute Gasteiger partial charge is 0.497 e. The molecular weight excluding hydrogens is 731 g/mol. The molecule has 1 atom stereocenters. The first-order valence-electron chi connectivity index (χ1n) is 20.8. The van der Waals surface area contributed by atoms with E-state index in [1.165, 1.54) is 0 Å². The molecule has 0 bridgehead atoms. The summed E-state index contributed by atoms with van der Waals surface area (Å²) in [5.41, 5.74) is 6.41. The number of nitrogens with zero attached hydrogens (tertiary/aromatic N) is 2. The van der Waals surface area contributed by atoms with Crippen molar-refractivity contribution in [3.63, 3.8) is 0 Å². The number of benzene rings is 5. The Morgan fingerprint density at radius 3 is 1.84 bits per heavy atom. The summed E-state index contributed by atoms with van der Waals surface area (Å²) >= 11 is 0. The quantitative estimate of drug-likeness (QED) is 0.177. The Morgan fingerprint density at radius 2 is 1.22 bits per heavy atom. The fourth-order valence-corrected chi connectivity index (χ4v) is 11.8. The molecule has 0 N–H and O–H groups in total. The van der Waals surface area contributed by atoms with Gasteiger partial charge in [0.15, 0.2) is 5.60 Å². The van der Waals surface area contributed by atoms with Gasteiger partial charge in [-0.1, -0.05) is 64.1 Å². The Balaban J connectivity index is 1.26. The van der Waals surface area contributed by atoms with E-state index in [0.717, 1.165) is 113 Å². The summed E-state index contributed by atoms with van der Waals surface area (Å²) < 4.78 is 57.2. The normalized spacial score (nSPS) is 22.7. The smallest absolute Gasteiger partial charge is 0.178 e. The maximum atomic E-state index is 16.9. The molecule has 3 aliphatic heterocycles. The van der Waals surface area contributed by atoms with Crippen LogP contribution in [0, 0.1) is 22.5 Å². The van der Waals surface area contributed by atoms with Crippen molar-refractivity contribution < 1.29 is 27.7 Å². The van der Waals surface area contributed by atoms with Gasteiger partial charge in [0.2, 0.25) is 0 Å². The van der Waals surface area contributed by atoms with Gasteiger partial charge in [-0.15, -0.1) is 0 Å². The number of hydrogen-bond donors (Lipinski definition) is 0. The highest BCUT2D eigenvalue weighted by Gasteiger charge is 2.57. The minimum absolute atomic E-state index is 0.113. The lowest BCUT2D eigenvalue weighted by Crippen LogP contribution is -2.45. The standard InChI is InChI=1S/C50H52F2N2O4/c1-47(2)29-48(3,4)31-49(30-47)44-41(26-34(51)27-42(44)52)43-38-15-12-36(54-20-24-57-25-21-54)28-40(38)46-39(45(43)49)16-17-50(58-46,33-8-13-37(55-5)14-9-33)32-6-10-35(11-7-32)53-18-22-56-23-19-53/h6-17,26-28H,18-25,29-31H2,1-5H3. The van der Waals surface area contributed by atoms with Crippen LogP contribution in [-0.2, 0) is 20.5 Å². The van der Waals surface area contributed by atoms with Crippen molar-refractivity contribution >= 4 is 28.2 Å². The average molecular weight is 783 g/mol. The van der Waals surface area contributed by atoms with Crippen LogP contribution in [0.25, 0.3) is 28.0 Å². The Bertz CT molecular complexity index is 2430. The third kappa shape index (κ3) is 5.92. The van der Waals surface area contributed by atoms with Gasteiger partial charge in [0, 0.05) is 76.7 Å². The zero-order valence-electron chi connectivity index (χ0n) is 34.2. The second-order valence-electron chi connectivity index (χ2n) is 18.6. The zero-order chi connectivity index (χ0) is 40.0. The highest BCUT2D eigenvalue weighted by Crippen LogP contribution is 2.67. The number of rotatable bonds is 5. The second-order valence-corrected chi connectivity index (χ2v) is 18.6. The van der Waals surface area contributed by atoms with Gasteiger partial charge >= 0.3 is 0 Å². The van der Waals surface area contributed by atoms with E-state index >= 15 is 8.78 Å². The monoisotopic (exact) mass is 782 g/mol. The van der Waals surface area contributed by atoms with Gasteiger partial charge in [0.05, 0.1) is 33.5 Å². The predicted molar refractivity (Wildman–Crippen MR) is 227 cm³/mol. The Morgan fingerprint density at radius 1 is 0.638 bits per heavy atom. The molecule has 3 fully saturated rings. The average Bonchev–Trinajstić information content (AvgIpc) is 3.48. The summed E-state index contributed by atoms with van der Waals surface area (Å²) in [6.07, 6.45) is 6.88. The summed E-state index contributed by atoms with van der Waals surface area (Å²) in [6, 6.07) is 26.1. The minimum atomic E-state index is -1.01. The number of anilines is 2. The van der Waals surface area contributed by atoms with Crippen LogP contribution in [0.3, 0.4) is 0 Å². The molecule has 0 amide bonds. The van der Waals surface area contributed by atoms with Crippen molar-refractivity contribution in [2.24, 2.45) is 10.8 Å². The maximum Gasteiger partial charge on any atom is 0.178 e. The van der Waals surface area contributed by atoms with Gasteiger partial charge in [-0.3, -0.25) is 0 Å². The van der Waals surface area contributed by atoms with Crippen LogP contribution < -0.4 is 19.3 Å². The van der Waals surface area contributed by atoms with Crippen LogP contribution >= 0.6 is 0 Å². The zero-order valence-corrected chi connectivity index (χ0v) is 34.2. The van der Waals surface area contributed by atoms with Gasteiger partial charge < -0.3 is 28.7 Å². The maximum absolute atomic E-state index is 16.9. The van der Waals surface area contributed by atoms with Gasteiger partial charge in [-0.25, -0.2) is 8.78 Å². The van der Waals surface area contributed by atoms with Crippen LogP contribution in [0.15, 0.2) is 84.9 Å². The molecule has 1 spiro atoms.